The number of rotatable bonds is 22. The Labute approximate surface area is 434 Å². The van der Waals surface area contributed by atoms with Crippen molar-refractivity contribution in [2.24, 2.45) is 23.7 Å². The van der Waals surface area contributed by atoms with Crippen molar-refractivity contribution in [2.75, 3.05) is 34.9 Å². The number of aliphatic hydroxyl groups is 1. The van der Waals surface area contributed by atoms with Gasteiger partial charge in [0, 0.05) is 41.3 Å². The summed E-state index contributed by atoms with van der Waals surface area (Å²) in [6.45, 7) is 15.4. The first-order valence-corrected chi connectivity index (χ1v) is 28.1. The molecule has 0 saturated carbocycles. The van der Waals surface area contributed by atoms with Gasteiger partial charge in [-0.05, 0) is 58.8 Å². The summed E-state index contributed by atoms with van der Waals surface area (Å²) in [5.74, 6) is -2.80. The van der Waals surface area contributed by atoms with Crippen molar-refractivity contribution in [1.82, 2.24) is 25.3 Å². The number of aliphatic hydroxyl groups excluding tert-OH is 1. The molecule has 3 aromatic rings. The SMILES string of the molecule is C#[S-](Sc1ccccc1)[C@H]1c2ccccc2C[C@@H]1OC(=O)N(C)[C@H](C(=O)N[C@H](C(=O)N(C)[C@@H]([C@@H](C)CC)[C@@H](CC(=O)N1CCC[C@H]1[C@H](OC)[C@@H](C)C(=O)N[C@H](C)[C@@H](O)c1ccccc1)OC)C(C)C)C(C)C. The highest BCUT2D eigenvalue weighted by atomic mass is 33.1. The second kappa shape index (κ2) is 26.9. The number of nitrogens with zero attached hydrogens (tertiary/aromatic N) is 3. The fourth-order valence-corrected chi connectivity index (χ4v) is 14.0. The molecule has 1 heterocycles. The molecule has 16 heteroatoms. The third-order valence-electron chi connectivity index (χ3n) is 14.6. The number of amides is 5. The van der Waals surface area contributed by atoms with Crippen LogP contribution in [0, 0.1) is 29.4 Å². The minimum Gasteiger partial charge on any atom is -0.447 e. The van der Waals surface area contributed by atoms with Crippen LogP contribution in [-0.4, -0.2) is 133 Å². The summed E-state index contributed by atoms with van der Waals surface area (Å²) < 4.78 is 18.4. The molecule has 3 aromatic carbocycles. The van der Waals surface area contributed by atoms with Gasteiger partial charge < -0.3 is 54.8 Å². The van der Waals surface area contributed by atoms with Gasteiger partial charge in [-0.3, -0.25) is 24.1 Å². The summed E-state index contributed by atoms with van der Waals surface area (Å²) in [6, 6.07) is 23.5. The molecule has 1 aliphatic heterocycles. The molecule has 14 nitrogen and oxygen atoms in total. The lowest BCUT2D eigenvalue weighted by Crippen LogP contribution is -2.60. The number of benzene rings is 3. The molecule has 1 aliphatic carbocycles. The summed E-state index contributed by atoms with van der Waals surface area (Å²) >= 11 is 0. The molecule has 1 saturated heterocycles. The predicted octanol–water partition coefficient (Wildman–Crippen LogP) is 7.96. The largest absolute Gasteiger partial charge is 0.447 e. The molecule has 3 N–H and O–H groups in total. The first kappa shape index (κ1) is 58.1. The van der Waals surface area contributed by atoms with Gasteiger partial charge in [0.2, 0.25) is 23.6 Å². The van der Waals surface area contributed by atoms with Crippen LogP contribution in [0.3, 0.4) is 0 Å². The molecule has 0 unspecified atom stereocenters. The Morgan fingerprint density at radius 3 is 2.06 bits per heavy atom. The molecule has 0 aromatic heterocycles. The number of hydrogen-bond donors (Lipinski definition) is 3. The third-order valence-corrected chi connectivity index (χ3v) is 18.1. The van der Waals surface area contributed by atoms with Crippen LogP contribution in [0.4, 0.5) is 4.79 Å². The Morgan fingerprint density at radius 2 is 1.46 bits per heavy atom. The zero-order chi connectivity index (χ0) is 53.0. The predicted molar refractivity (Wildman–Crippen MR) is 286 cm³/mol. The molecule has 0 bridgehead atoms. The molecule has 396 valence electrons. The van der Waals surface area contributed by atoms with E-state index in [1.165, 1.54) is 12.0 Å². The van der Waals surface area contributed by atoms with E-state index in [0.29, 0.717) is 31.4 Å². The number of nitrogens with one attached hydrogen (secondary N) is 2. The number of likely N-dealkylation sites (N-methyl/N-ethyl adjacent to an activating group) is 2. The molecule has 12 atom stereocenters. The van der Waals surface area contributed by atoms with E-state index in [4.69, 9.17) is 19.9 Å². The van der Waals surface area contributed by atoms with E-state index in [-0.39, 0.29) is 47.1 Å². The smallest absolute Gasteiger partial charge is 0.410 e. The van der Waals surface area contributed by atoms with Crippen LogP contribution in [0.15, 0.2) is 89.8 Å². The number of methoxy groups -OCH3 is 2. The summed E-state index contributed by atoms with van der Waals surface area (Å²) in [6.07, 6.45) is -1.01. The lowest BCUT2D eigenvalue weighted by atomic mass is 9.89. The maximum atomic E-state index is 14.8. The van der Waals surface area contributed by atoms with Crippen LogP contribution in [0.5, 0.6) is 0 Å². The minimum atomic E-state index is -0.981. The zero-order valence-corrected chi connectivity index (χ0v) is 46.0. The average Bonchev–Trinajstić information content (AvgIpc) is 4.00. The lowest BCUT2D eigenvalue weighted by molar-refractivity contribution is -0.148. The van der Waals surface area contributed by atoms with Gasteiger partial charge in [-0.25, -0.2) is 15.6 Å². The van der Waals surface area contributed by atoms with Crippen LogP contribution in [0.25, 0.3) is 0 Å². The summed E-state index contributed by atoms with van der Waals surface area (Å²) in [7, 11) is 7.11. The van der Waals surface area contributed by atoms with E-state index >= 15 is 0 Å². The zero-order valence-electron chi connectivity index (χ0n) is 44.4. The summed E-state index contributed by atoms with van der Waals surface area (Å²) in [4.78, 5) is 77.2. The number of carbonyl (C=O) groups excluding carboxylic acids is 5. The highest BCUT2D eigenvalue weighted by molar-refractivity contribution is 8.69. The highest BCUT2D eigenvalue weighted by Crippen LogP contribution is 2.42. The van der Waals surface area contributed by atoms with Crippen molar-refractivity contribution < 1.29 is 43.3 Å². The van der Waals surface area contributed by atoms with Crippen molar-refractivity contribution in [3.63, 3.8) is 0 Å². The Morgan fingerprint density at radius 1 is 0.833 bits per heavy atom. The maximum absolute atomic E-state index is 14.8. The number of carbonyl (C=O) groups is 5. The van der Waals surface area contributed by atoms with Crippen LogP contribution < -0.4 is 10.6 Å². The average molecular weight is 1030 g/mol. The Bertz CT molecular complexity index is 2350. The monoisotopic (exact) mass is 1030 g/mol. The van der Waals surface area contributed by atoms with Gasteiger partial charge >= 0.3 is 6.09 Å². The molecule has 5 rings (SSSR count). The third kappa shape index (κ3) is 14.1. The van der Waals surface area contributed by atoms with E-state index in [1.807, 2.05) is 126 Å². The number of likely N-dealkylation sites (tertiary alicyclic amines) is 1. The molecule has 0 radical (unpaired) electrons. The van der Waals surface area contributed by atoms with Crippen molar-refractivity contribution >= 4 is 49.9 Å². The van der Waals surface area contributed by atoms with E-state index in [0.717, 1.165) is 22.4 Å². The number of ether oxygens (including phenoxy) is 3. The van der Waals surface area contributed by atoms with Gasteiger partial charge in [-0.2, -0.15) is 0 Å². The van der Waals surface area contributed by atoms with Gasteiger partial charge in [0.15, 0.2) is 0 Å². The quantitative estimate of drug-likeness (QED) is 0.0664. The van der Waals surface area contributed by atoms with Crippen molar-refractivity contribution in [3.8, 4) is 5.69 Å². The van der Waals surface area contributed by atoms with Crippen molar-refractivity contribution in [1.29, 1.82) is 0 Å². The molecular weight excluding hydrogens is 951 g/mol. The molecular formula is C56H80N5O9S2-. The normalized spacial score (nSPS) is 20.4. The molecule has 2 aliphatic rings. The minimum absolute atomic E-state index is 0.0404. The van der Waals surface area contributed by atoms with Gasteiger partial charge in [0.1, 0.15) is 12.1 Å². The van der Waals surface area contributed by atoms with E-state index in [1.54, 1.807) is 55.6 Å². The van der Waals surface area contributed by atoms with Crippen LogP contribution in [0.1, 0.15) is 109 Å². The van der Waals surface area contributed by atoms with Gasteiger partial charge in [0.05, 0.1) is 54.9 Å². The fraction of sp³-hybridized carbons (Fsp3) is 0.571. The molecule has 1 fully saturated rings. The van der Waals surface area contributed by atoms with Gasteiger partial charge in [-0.15, -0.1) is 0 Å². The second-order valence-electron chi connectivity index (χ2n) is 20.2. The van der Waals surface area contributed by atoms with Crippen LogP contribution in [0.2, 0.25) is 0 Å². The summed E-state index contributed by atoms with van der Waals surface area (Å²) in [5, 5.41) is 16.6. The first-order chi connectivity index (χ1) is 34.2. The van der Waals surface area contributed by atoms with Gasteiger partial charge in [-0.1, -0.05) is 145 Å². The maximum Gasteiger partial charge on any atom is 0.410 e. The lowest BCUT2D eigenvalue weighted by Gasteiger charge is -2.41. The Hall–Kier alpha value is -4.83. The topological polar surface area (TPSA) is 167 Å². The number of hydrogen-bond acceptors (Lipinski definition) is 11. The van der Waals surface area contributed by atoms with E-state index in [9.17, 15) is 29.1 Å². The Balaban J connectivity index is 1.27. The second-order valence-corrected chi connectivity index (χ2v) is 23.7. The van der Waals surface area contributed by atoms with E-state index < -0.39 is 81.9 Å². The first-order valence-electron chi connectivity index (χ1n) is 25.4. The summed E-state index contributed by atoms with van der Waals surface area (Å²) in [5.41, 5.74) is 9.70. The highest BCUT2D eigenvalue weighted by Gasteiger charge is 2.44. The molecule has 72 heavy (non-hydrogen) atoms. The molecule has 5 amide bonds. The van der Waals surface area contributed by atoms with Crippen LogP contribution in [-0.2, 0) is 49.1 Å². The fourth-order valence-electron chi connectivity index (χ4n) is 10.4. The van der Waals surface area contributed by atoms with Crippen LogP contribution >= 0.6 is 10.8 Å². The standard InChI is InChI=1S/C56H80N5O9S2/c1-14-36(6)49(44(68-11)33-46(62)61-31-23-30-43(61)51(69-12)37(7)53(64)57-38(8)50(63)39-24-17-15-18-25-39)59(9)55(66)47(34(2)3)58-54(65)48(35(4)5)60(10)56(67)70-45-32-40-26-21-22-29-42(40)52(45)72(13)71-41-27-19-16-20-28-41/h13,15-22,24-29,34-38,43-45,47-52,63H,14,23,30-33H2,1-12H3,(H,57,64)(H,58,65)/q-1/t36-,37+,38+,43-,44+,45-,47-,48-,49-,50+,51+,52-/m0/s1. The number of fused-ring (bicyclic) bond motifs is 1. The van der Waals surface area contributed by atoms with Crippen molar-refractivity contribution in [3.05, 3.63) is 102 Å². The Kier molecular flexibility index (Phi) is 21.7. The van der Waals surface area contributed by atoms with E-state index in [2.05, 4.69) is 10.6 Å². The van der Waals surface area contributed by atoms with Gasteiger partial charge in [0.25, 0.3) is 0 Å². The van der Waals surface area contributed by atoms with Crippen molar-refractivity contribution in [2.45, 2.75) is 152 Å². The molecule has 0 spiro atoms.